The van der Waals surface area contributed by atoms with Crippen molar-refractivity contribution < 1.29 is 9.90 Å². The molecule has 1 aromatic heterocycles. The predicted octanol–water partition coefficient (Wildman–Crippen LogP) is 1.37. The fraction of sp³-hybridized carbons (Fsp3) is 0.556. The lowest BCUT2D eigenvalue weighted by Crippen LogP contribution is -2.17. The number of carboxylic acids is 1. The molecular formula is C9H12N2O2S. The van der Waals surface area contributed by atoms with E-state index in [4.69, 9.17) is 5.11 Å². The molecule has 0 saturated carbocycles. The van der Waals surface area contributed by atoms with Crippen molar-refractivity contribution in [3.63, 3.8) is 0 Å². The van der Waals surface area contributed by atoms with Gasteiger partial charge in [-0.1, -0.05) is 0 Å². The summed E-state index contributed by atoms with van der Waals surface area (Å²) in [5, 5.41) is 11.4. The Balaban J connectivity index is 2.05. The highest BCUT2D eigenvalue weighted by atomic mass is 32.1. The number of hydrogen-bond acceptors (Lipinski definition) is 4. The summed E-state index contributed by atoms with van der Waals surface area (Å²) < 4.78 is 0. The number of carboxylic acid groups (broad SMARTS) is 1. The number of anilines is 1. The summed E-state index contributed by atoms with van der Waals surface area (Å²) in [6.07, 6.45) is 2.46. The molecule has 0 amide bonds. The second-order valence-electron chi connectivity index (χ2n) is 3.39. The summed E-state index contributed by atoms with van der Waals surface area (Å²) in [4.78, 5) is 17.0. The number of aromatic nitrogens is 1. The summed E-state index contributed by atoms with van der Waals surface area (Å²) >= 11 is 1.54. The van der Waals surface area contributed by atoms with Gasteiger partial charge in [-0.05, 0) is 12.8 Å². The molecule has 0 radical (unpaired) electrons. The van der Waals surface area contributed by atoms with Crippen molar-refractivity contribution in [3.8, 4) is 0 Å². The first-order valence-corrected chi connectivity index (χ1v) is 5.55. The molecule has 1 saturated heterocycles. The fourth-order valence-corrected chi connectivity index (χ4v) is 2.47. The van der Waals surface area contributed by atoms with Crippen molar-refractivity contribution in [1.29, 1.82) is 0 Å². The van der Waals surface area contributed by atoms with Crippen molar-refractivity contribution >= 4 is 22.4 Å². The molecule has 0 aliphatic carbocycles. The van der Waals surface area contributed by atoms with E-state index in [0.717, 1.165) is 18.2 Å². The molecule has 76 valence electrons. The number of thiazole rings is 1. The molecule has 1 N–H and O–H groups in total. The quantitative estimate of drug-likeness (QED) is 0.822. The van der Waals surface area contributed by atoms with Gasteiger partial charge in [0.15, 0.2) is 5.13 Å². The first-order chi connectivity index (χ1) is 6.75. The maximum Gasteiger partial charge on any atom is 0.309 e. The Labute approximate surface area is 86.2 Å². The minimum atomic E-state index is -0.816. The van der Waals surface area contributed by atoms with E-state index in [9.17, 15) is 4.79 Å². The first-order valence-electron chi connectivity index (χ1n) is 4.67. The lowest BCUT2D eigenvalue weighted by Gasteiger charge is -2.11. The molecule has 0 bridgehead atoms. The Morgan fingerprint density at radius 2 is 2.29 bits per heavy atom. The molecule has 4 nitrogen and oxygen atoms in total. The predicted molar refractivity (Wildman–Crippen MR) is 54.9 cm³/mol. The van der Waals surface area contributed by atoms with Crippen LogP contribution in [0.3, 0.4) is 0 Å². The van der Waals surface area contributed by atoms with E-state index in [1.807, 2.05) is 5.38 Å². The van der Waals surface area contributed by atoms with Crippen molar-refractivity contribution in [2.75, 3.05) is 18.0 Å². The molecule has 1 aromatic rings. The monoisotopic (exact) mass is 212 g/mol. The third kappa shape index (κ3) is 2.04. The van der Waals surface area contributed by atoms with Crippen LogP contribution in [-0.4, -0.2) is 29.1 Å². The van der Waals surface area contributed by atoms with Gasteiger partial charge in [0.05, 0.1) is 12.1 Å². The van der Waals surface area contributed by atoms with Crippen LogP contribution in [0.15, 0.2) is 5.38 Å². The average Bonchev–Trinajstić information content (AvgIpc) is 2.69. The van der Waals surface area contributed by atoms with Crippen LogP contribution >= 0.6 is 11.3 Å². The normalized spacial score (nSPS) is 16.1. The number of carbonyl (C=O) groups is 1. The van der Waals surface area contributed by atoms with Crippen LogP contribution in [0.2, 0.25) is 0 Å². The Bertz CT molecular complexity index is 331. The molecule has 5 heteroatoms. The number of rotatable bonds is 3. The zero-order valence-corrected chi connectivity index (χ0v) is 8.59. The van der Waals surface area contributed by atoms with Crippen LogP contribution in [0.4, 0.5) is 5.13 Å². The fourth-order valence-electron chi connectivity index (χ4n) is 1.59. The van der Waals surface area contributed by atoms with Gasteiger partial charge in [0, 0.05) is 18.5 Å². The maximum atomic E-state index is 10.5. The van der Waals surface area contributed by atoms with E-state index in [1.165, 1.54) is 12.8 Å². The van der Waals surface area contributed by atoms with Crippen LogP contribution in [0, 0.1) is 0 Å². The van der Waals surface area contributed by atoms with Crippen molar-refractivity contribution in [1.82, 2.24) is 4.98 Å². The largest absolute Gasteiger partial charge is 0.481 e. The van der Waals surface area contributed by atoms with Crippen LogP contribution in [0.5, 0.6) is 0 Å². The average molecular weight is 212 g/mol. The van der Waals surface area contributed by atoms with Gasteiger partial charge in [0.25, 0.3) is 0 Å². The van der Waals surface area contributed by atoms with Crippen LogP contribution in [-0.2, 0) is 11.2 Å². The molecule has 1 fully saturated rings. The molecule has 0 atom stereocenters. The summed E-state index contributed by atoms with van der Waals surface area (Å²) in [7, 11) is 0. The molecule has 1 aliphatic rings. The molecular weight excluding hydrogens is 200 g/mol. The van der Waals surface area contributed by atoms with E-state index < -0.39 is 5.97 Å². The highest BCUT2D eigenvalue weighted by Crippen LogP contribution is 2.24. The van der Waals surface area contributed by atoms with Gasteiger partial charge in [-0.25, -0.2) is 4.98 Å². The molecule has 2 heterocycles. The van der Waals surface area contributed by atoms with Gasteiger partial charge >= 0.3 is 5.97 Å². The number of aliphatic carboxylic acids is 1. The molecule has 1 aliphatic heterocycles. The number of nitrogens with zero attached hydrogens (tertiary/aromatic N) is 2. The standard InChI is InChI=1S/C9H12N2O2S/c12-8(13)5-7-6-14-9(10-7)11-3-1-2-4-11/h6H,1-5H2,(H,12,13). The van der Waals surface area contributed by atoms with Crippen LogP contribution < -0.4 is 4.90 Å². The van der Waals surface area contributed by atoms with E-state index >= 15 is 0 Å². The smallest absolute Gasteiger partial charge is 0.309 e. The van der Waals surface area contributed by atoms with Gasteiger partial charge in [-0.15, -0.1) is 11.3 Å². The summed E-state index contributed by atoms with van der Waals surface area (Å²) in [6.45, 7) is 2.11. The van der Waals surface area contributed by atoms with Gasteiger partial charge in [0.1, 0.15) is 0 Å². The third-order valence-electron chi connectivity index (χ3n) is 2.25. The third-order valence-corrected chi connectivity index (χ3v) is 3.20. The van der Waals surface area contributed by atoms with Gasteiger partial charge < -0.3 is 10.0 Å². The maximum absolute atomic E-state index is 10.5. The molecule has 0 aromatic carbocycles. The number of hydrogen-bond donors (Lipinski definition) is 1. The molecule has 0 spiro atoms. The van der Waals surface area contributed by atoms with Crippen molar-refractivity contribution in [3.05, 3.63) is 11.1 Å². The Kier molecular flexibility index (Phi) is 2.67. The summed E-state index contributed by atoms with van der Waals surface area (Å²) in [5.41, 5.74) is 0.671. The van der Waals surface area contributed by atoms with Crippen molar-refractivity contribution in [2.45, 2.75) is 19.3 Å². The molecule has 14 heavy (non-hydrogen) atoms. The molecule has 0 unspecified atom stereocenters. The Morgan fingerprint density at radius 3 is 2.93 bits per heavy atom. The van der Waals surface area contributed by atoms with Gasteiger partial charge in [-0.3, -0.25) is 4.79 Å². The highest BCUT2D eigenvalue weighted by molar-refractivity contribution is 7.13. The SMILES string of the molecule is O=C(O)Cc1csc(N2CCCC2)n1. The Morgan fingerprint density at radius 1 is 1.57 bits per heavy atom. The topological polar surface area (TPSA) is 53.4 Å². The van der Waals surface area contributed by atoms with E-state index in [1.54, 1.807) is 11.3 Å². The van der Waals surface area contributed by atoms with Gasteiger partial charge in [-0.2, -0.15) is 0 Å². The Hall–Kier alpha value is -1.10. The second-order valence-corrected chi connectivity index (χ2v) is 4.22. The first kappa shape index (κ1) is 9.45. The second kappa shape index (κ2) is 3.96. The zero-order valence-electron chi connectivity index (χ0n) is 7.77. The van der Waals surface area contributed by atoms with E-state index in [-0.39, 0.29) is 6.42 Å². The minimum absolute atomic E-state index is 0.0321. The lowest BCUT2D eigenvalue weighted by atomic mass is 10.3. The van der Waals surface area contributed by atoms with Gasteiger partial charge in [0.2, 0.25) is 0 Å². The summed E-state index contributed by atoms with van der Waals surface area (Å²) in [5.74, 6) is -0.816. The van der Waals surface area contributed by atoms with E-state index in [2.05, 4.69) is 9.88 Å². The minimum Gasteiger partial charge on any atom is -0.481 e. The van der Waals surface area contributed by atoms with Crippen LogP contribution in [0.1, 0.15) is 18.5 Å². The van der Waals surface area contributed by atoms with Crippen molar-refractivity contribution in [2.24, 2.45) is 0 Å². The summed E-state index contributed by atoms with van der Waals surface area (Å²) in [6, 6.07) is 0. The molecule has 2 rings (SSSR count). The lowest BCUT2D eigenvalue weighted by molar-refractivity contribution is -0.136. The highest BCUT2D eigenvalue weighted by Gasteiger charge is 2.16. The van der Waals surface area contributed by atoms with Crippen LogP contribution in [0.25, 0.3) is 0 Å². The van der Waals surface area contributed by atoms with E-state index in [0.29, 0.717) is 5.69 Å². The zero-order chi connectivity index (χ0) is 9.97.